The molecule has 2 aliphatic rings. The van der Waals surface area contributed by atoms with Gasteiger partial charge < -0.3 is 9.80 Å². The van der Waals surface area contributed by atoms with Crippen LogP contribution in [0.3, 0.4) is 0 Å². The molecule has 0 saturated carbocycles. The summed E-state index contributed by atoms with van der Waals surface area (Å²) in [4.78, 5) is 21.9. The summed E-state index contributed by atoms with van der Waals surface area (Å²) in [5.41, 5.74) is 2.39. The molecule has 1 fully saturated rings. The highest BCUT2D eigenvalue weighted by Gasteiger charge is 2.34. The minimum absolute atomic E-state index is 0.114. The molecule has 140 valence electrons. The molecule has 0 spiro atoms. The fraction of sp³-hybridized carbons (Fsp3) is 0.391. The van der Waals surface area contributed by atoms with Crippen LogP contribution in [-0.4, -0.2) is 35.4 Å². The number of piperidine rings is 1. The maximum Gasteiger partial charge on any atom is 0.226 e. The number of allylic oxidation sites excluding steroid dienone is 1. The molecule has 2 aliphatic heterocycles. The summed E-state index contributed by atoms with van der Waals surface area (Å²) >= 11 is 0. The SMILES string of the molecule is O=C1[C@H](C2CCN(c3cccnc3)CC2)CC=CCN1Cc1ccccc1. The highest BCUT2D eigenvalue weighted by molar-refractivity contribution is 5.80. The summed E-state index contributed by atoms with van der Waals surface area (Å²) in [6.45, 7) is 3.43. The summed E-state index contributed by atoms with van der Waals surface area (Å²) in [6.07, 6.45) is 11.1. The second-order valence-corrected chi connectivity index (χ2v) is 7.55. The van der Waals surface area contributed by atoms with Crippen molar-refractivity contribution in [1.82, 2.24) is 9.88 Å². The molecule has 1 atom stereocenters. The normalized spacial score (nSPS) is 21.3. The standard InChI is InChI=1S/C23H27N3O/c27-23-22(10-4-5-14-26(23)18-19-7-2-1-3-8-19)20-11-15-25(16-12-20)21-9-6-13-24-17-21/h1-9,13,17,20,22H,10-12,14-16,18H2/t22-/m0/s1. The van der Waals surface area contributed by atoms with E-state index >= 15 is 0 Å². The predicted octanol–water partition coefficient (Wildman–Crippen LogP) is 3.90. The van der Waals surface area contributed by atoms with Crippen molar-refractivity contribution in [1.29, 1.82) is 0 Å². The summed E-state index contributed by atoms with van der Waals surface area (Å²) < 4.78 is 0. The van der Waals surface area contributed by atoms with Crippen molar-refractivity contribution in [3.63, 3.8) is 0 Å². The molecular formula is C23H27N3O. The molecule has 4 rings (SSSR count). The van der Waals surface area contributed by atoms with Crippen LogP contribution in [0.5, 0.6) is 0 Å². The monoisotopic (exact) mass is 361 g/mol. The molecule has 1 saturated heterocycles. The number of hydrogen-bond acceptors (Lipinski definition) is 3. The Morgan fingerprint density at radius 2 is 1.81 bits per heavy atom. The highest BCUT2D eigenvalue weighted by atomic mass is 16.2. The average Bonchev–Trinajstić information content (AvgIpc) is 2.91. The number of pyridine rings is 1. The van der Waals surface area contributed by atoms with E-state index in [-0.39, 0.29) is 5.92 Å². The van der Waals surface area contributed by atoms with Gasteiger partial charge in [-0.3, -0.25) is 9.78 Å². The van der Waals surface area contributed by atoms with Gasteiger partial charge in [0.15, 0.2) is 0 Å². The molecule has 0 radical (unpaired) electrons. The molecule has 3 heterocycles. The first-order chi connectivity index (χ1) is 13.3. The number of carbonyl (C=O) groups is 1. The molecule has 0 unspecified atom stereocenters. The quantitative estimate of drug-likeness (QED) is 0.775. The van der Waals surface area contributed by atoms with E-state index in [9.17, 15) is 4.79 Å². The van der Waals surface area contributed by atoms with Crippen molar-refractivity contribution in [2.75, 3.05) is 24.5 Å². The number of nitrogens with zero attached hydrogens (tertiary/aromatic N) is 3. The summed E-state index contributed by atoms with van der Waals surface area (Å²) in [5.74, 6) is 0.902. The van der Waals surface area contributed by atoms with Crippen LogP contribution in [0.2, 0.25) is 0 Å². The molecule has 1 amide bonds. The van der Waals surface area contributed by atoms with Gasteiger partial charge in [-0.05, 0) is 42.9 Å². The zero-order valence-electron chi connectivity index (χ0n) is 15.7. The van der Waals surface area contributed by atoms with Gasteiger partial charge in [0.1, 0.15) is 0 Å². The van der Waals surface area contributed by atoms with Gasteiger partial charge in [-0.2, -0.15) is 0 Å². The third-order valence-corrected chi connectivity index (χ3v) is 5.85. The maximum absolute atomic E-state index is 13.3. The first-order valence-electron chi connectivity index (χ1n) is 9.94. The third-order valence-electron chi connectivity index (χ3n) is 5.85. The van der Waals surface area contributed by atoms with E-state index in [0.717, 1.165) is 38.9 Å². The fourth-order valence-electron chi connectivity index (χ4n) is 4.31. The van der Waals surface area contributed by atoms with Crippen LogP contribution in [0, 0.1) is 11.8 Å². The number of amides is 1. The van der Waals surface area contributed by atoms with Gasteiger partial charge in [0.25, 0.3) is 0 Å². The zero-order chi connectivity index (χ0) is 18.5. The molecule has 2 aromatic rings. The van der Waals surface area contributed by atoms with Crippen molar-refractivity contribution in [2.45, 2.75) is 25.8 Å². The average molecular weight is 361 g/mol. The molecule has 27 heavy (non-hydrogen) atoms. The molecule has 0 N–H and O–H groups in total. The first-order valence-corrected chi connectivity index (χ1v) is 9.94. The fourth-order valence-corrected chi connectivity index (χ4v) is 4.31. The molecular weight excluding hydrogens is 334 g/mol. The van der Waals surface area contributed by atoms with Crippen molar-refractivity contribution in [3.8, 4) is 0 Å². The van der Waals surface area contributed by atoms with Gasteiger partial charge in [-0.25, -0.2) is 0 Å². The van der Waals surface area contributed by atoms with Crippen LogP contribution >= 0.6 is 0 Å². The lowest BCUT2D eigenvalue weighted by Crippen LogP contribution is -2.42. The second-order valence-electron chi connectivity index (χ2n) is 7.55. The van der Waals surface area contributed by atoms with Crippen LogP contribution in [-0.2, 0) is 11.3 Å². The lowest BCUT2D eigenvalue weighted by Gasteiger charge is -2.37. The van der Waals surface area contributed by atoms with Gasteiger partial charge in [0, 0.05) is 38.3 Å². The third kappa shape index (κ3) is 4.21. The molecule has 0 aliphatic carbocycles. The topological polar surface area (TPSA) is 36.4 Å². The molecule has 1 aromatic carbocycles. The van der Waals surface area contributed by atoms with Gasteiger partial charge in [0.2, 0.25) is 5.91 Å². The predicted molar refractivity (Wildman–Crippen MR) is 108 cm³/mol. The maximum atomic E-state index is 13.3. The molecule has 0 bridgehead atoms. The van der Waals surface area contributed by atoms with Gasteiger partial charge in [-0.1, -0.05) is 42.5 Å². The number of hydrogen-bond donors (Lipinski definition) is 0. The Morgan fingerprint density at radius 3 is 2.56 bits per heavy atom. The minimum Gasteiger partial charge on any atom is -0.370 e. The molecule has 4 heteroatoms. The Kier molecular flexibility index (Phi) is 5.52. The number of anilines is 1. The van der Waals surface area contributed by atoms with E-state index in [1.165, 1.54) is 11.3 Å². The number of rotatable bonds is 4. The Bertz CT molecular complexity index is 767. The van der Waals surface area contributed by atoms with Crippen molar-refractivity contribution in [2.24, 2.45) is 11.8 Å². The van der Waals surface area contributed by atoms with E-state index in [0.29, 0.717) is 18.4 Å². The largest absolute Gasteiger partial charge is 0.370 e. The Balaban J connectivity index is 1.40. The van der Waals surface area contributed by atoms with E-state index in [1.54, 1.807) is 0 Å². The summed E-state index contributed by atoms with van der Waals surface area (Å²) in [7, 11) is 0. The van der Waals surface area contributed by atoms with Crippen molar-refractivity contribution >= 4 is 11.6 Å². The van der Waals surface area contributed by atoms with E-state index in [4.69, 9.17) is 0 Å². The minimum atomic E-state index is 0.114. The first kappa shape index (κ1) is 17.8. The van der Waals surface area contributed by atoms with Crippen LogP contribution in [0.25, 0.3) is 0 Å². The van der Waals surface area contributed by atoms with E-state index in [2.05, 4.69) is 40.2 Å². The Hall–Kier alpha value is -2.62. The molecule has 4 nitrogen and oxygen atoms in total. The second kappa shape index (κ2) is 8.38. The van der Waals surface area contributed by atoms with Crippen LogP contribution in [0.1, 0.15) is 24.8 Å². The number of benzene rings is 1. The van der Waals surface area contributed by atoms with Crippen molar-refractivity contribution in [3.05, 3.63) is 72.6 Å². The Morgan fingerprint density at radius 1 is 1.00 bits per heavy atom. The van der Waals surface area contributed by atoms with Crippen molar-refractivity contribution < 1.29 is 4.79 Å². The Labute approximate surface area is 161 Å². The van der Waals surface area contributed by atoms with E-state index in [1.807, 2.05) is 41.6 Å². The van der Waals surface area contributed by atoms with Gasteiger partial charge >= 0.3 is 0 Å². The number of aromatic nitrogens is 1. The van der Waals surface area contributed by atoms with E-state index < -0.39 is 0 Å². The zero-order valence-corrected chi connectivity index (χ0v) is 15.7. The summed E-state index contributed by atoms with van der Waals surface area (Å²) in [5, 5.41) is 0. The number of carbonyl (C=O) groups excluding carboxylic acids is 1. The molecule has 1 aromatic heterocycles. The van der Waals surface area contributed by atoms with Crippen LogP contribution < -0.4 is 4.90 Å². The van der Waals surface area contributed by atoms with Crippen LogP contribution in [0.15, 0.2) is 67.0 Å². The smallest absolute Gasteiger partial charge is 0.226 e. The van der Waals surface area contributed by atoms with Crippen LogP contribution in [0.4, 0.5) is 5.69 Å². The highest BCUT2D eigenvalue weighted by Crippen LogP contribution is 2.32. The lowest BCUT2D eigenvalue weighted by molar-refractivity contribution is -0.137. The van der Waals surface area contributed by atoms with Gasteiger partial charge in [0.05, 0.1) is 11.9 Å². The van der Waals surface area contributed by atoms with Gasteiger partial charge in [-0.15, -0.1) is 0 Å². The summed E-state index contributed by atoms with van der Waals surface area (Å²) in [6, 6.07) is 14.4. The lowest BCUT2D eigenvalue weighted by atomic mass is 9.81.